The Morgan fingerprint density at radius 1 is 1.47 bits per heavy atom. The van der Waals surface area contributed by atoms with Gasteiger partial charge in [0.1, 0.15) is 18.1 Å². The van der Waals surface area contributed by atoms with Crippen LogP contribution in [0.15, 0.2) is 23.3 Å². The number of hydrazone groups is 1. The highest BCUT2D eigenvalue weighted by Gasteiger charge is 2.02. The lowest BCUT2D eigenvalue weighted by molar-refractivity contribution is -0.123. The molecule has 1 aromatic carbocycles. The second-order valence-corrected chi connectivity index (χ2v) is 3.06. The zero-order valence-corrected chi connectivity index (χ0v) is 9.64. The van der Waals surface area contributed by atoms with E-state index in [0.29, 0.717) is 17.1 Å². The number of aliphatic hydroxyl groups excluding tert-OH is 1. The molecule has 0 aliphatic rings. The summed E-state index contributed by atoms with van der Waals surface area (Å²) in [4.78, 5) is 10.7. The Balaban J connectivity index is 2.83. The second kappa shape index (κ2) is 6.49. The summed E-state index contributed by atoms with van der Waals surface area (Å²) in [5, 5.41) is 12.2. The van der Waals surface area contributed by atoms with Crippen molar-refractivity contribution in [1.82, 2.24) is 5.43 Å². The smallest absolute Gasteiger partial charge is 0.265 e. The van der Waals surface area contributed by atoms with E-state index in [1.165, 1.54) is 13.3 Å². The number of benzene rings is 1. The first-order chi connectivity index (χ1) is 8.21. The number of nitrogens with one attached hydrogen (secondary N) is 1. The minimum absolute atomic E-state index is 0.580. The molecule has 17 heavy (non-hydrogen) atoms. The van der Waals surface area contributed by atoms with E-state index < -0.39 is 12.5 Å². The molecule has 0 spiro atoms. The Bertz CT molecular complexity index is 418. The zero-order chi connectivity index (χ0) is 12.7. The van der Waals surface area contributed by atoms with Crippen LogP contribution in [0, 0.1) is 0 Å². The van der Waals surface area contributed by atoms with Gasteiger partial charge < -0.3 is 14.6 Å². The molecule has 2 N–H and O–H groups in total. The third-order valence-electron chi connectivity index (χ3n) is 1.97. The van der Waals surface area contributed by atoms with Gasteiger partial charge in [0.05, 0.1) is 20.4 Å². The SMILES string of the molecule is COc1ccc(OC)c(C=NNC(=O)CO)c1. The van der Waals surface area contributed by atoms with E-state index in [1.54, 1.807) is 25.3 Å². The van der Waals surface area contributed by atoms with E-state index in [1.807, 2.05) is 0 Å². The lowest BCUT2D eigenvalue weighted by Crippen LogP contribution is -2.20. The summed E-state index contributed by atoms with van der Waals surface area (Å²) in [5.74, 6) is 0.677. The molecule has 0 saturated carbocycles. The molecular formula is C11H14N2O4. The zero-order valence-electron chi connectivity index (χ0n) is 9.64. The monoisotopic (exact) mass is 238 g/mol. The summed E-state index contributed by atoms with van der Waals surface area (Å²) >= 11 is 0. The van der Waals surface area contributed by atoms with Crippen LogP contribution in [-0.4, -0.2) is 38.1 Å². The molecule has 92 valence electrons. The number of hydrogen-bond donors (Lipinski definition) is 2. The molecule has 0 radical (unpaired) electrons. The number of amides is 1. The van der Waals surface area contributed by atoms with Gasteiger partial charge in [-0.25, -0.2) is 5.43 Å². The summed E-state index contributed by atoms with van der Waals surface area (Å²) in [5.41, 5.74) is 2.81. The quantitative estimate of drug-likeness (QED) is 0.565. The summed E-state index contributed by atoms with van der Waals surface area (Å²) < 4.78 is 10.2. The maximum Gasteiger partial charge on any atom is 0.265 e. The highest BCUT2D eigenvalue weighted by molar-refractivity contribution is 5.86. The van der Waals surface area contributed by atoms with Crippen molar-refractivity contribution in [2.75, 3.05) is 20.8 Å². The number of hydrogen-bond acceptors (Lipinski definition) is 5. The number of nitrogens with zero attached hydrogens (tertiary/aromatic N) is 1. The number of carbonyl (C=O) groups is 1. The normalized spacial score (nSPS) is 10.3. The van der Waals surface area contributed by atoms with Crippen molar-refractivity contribution in [3.05, 3.63) is 23.8 Å². The number of ether oxygens (including phenoxy) is 2. The molecule has 6 nitrogen and oxygen atoms in total. The molecule has 0 aliphatic heterocycles. The molecule has 1 aromatic rings. The third-order valence-corrected chi connectivity index (χ3v) is 1.97. The summed E-state index contributed by atoms with van der Waals surface area (Å²) in [7, 11) is 3.09. The molecule has 0 unspecified atom stereocenters. The average molecular weight is 238 g/mol. The minimum atomic E-state index is -0.605. The highest BCUT2D eigenvalue weighted by atomic mass is 16.5. The van der Waals surface area contributed by atoms with Gasteiger partial charge in [0.2, 0.25) is 0 Å². The number of methoxy groups -OCH3 is 2. The predicted molar refractivity (Wildman–Crippen MR) is 62.4 cm³/mol. The van der Waals surface area contributed by atoms with Gasteiger partial charge in [-0.15, -0.1) is 0 Å². The van der Waals surface area contributed by atoms with Gasteiger partial charge in [-0.3, -0.25) is 4.79 Å². The minimum Gasteiger partial charge on any atom is -0.497 e. The summed E-state index contributed by atoms with van der Waals surface area (Å²) in [6, 6.07) is 5.20. The molecule has 0 aromatic heterocycles. The van der Waals surface area contributed by atoms with Gasteiger partial charge in [0.15, 0.2) is 0 Å². The first-order valence-electron chi connectivity index (χ1n) is 4.86. The van der Waals surface area contributed by atoms with Gasteiger partial charge in [-0.2, -0.15) is 5.10 Å². The van der Waals surface area contributed by atoms with Gasteiger partial charge in [0, 0.05) is 5.56 Å². The van der Waals surface area contributed by atoms with Crippen molar-refractivity contribution in [2.24, 2.45) is 5.10 Å². The van der Waals surface area contributed by atoms with Crippen molar-refractivity contribution >= 4 is 12.1 Å². The Labute approximate surface area is 98.9 Å². The lowest BCUT2D eigenvalue weighted by Gasteiger charge is -2.06. The average Bonchev–Trinajstić information content (AvgIpc) is 2.38. The van der Waals surface area contributed by atoms with E-state index in [2.05, 4.69) is 10.5 Å². The van der Waals surface area contributed by atoms with Gasteiger partial charge >= 0.3 is 0 Å². The molecule has 6 heteroatoms. The van der Waals surface area contributed by atoms with Crippen molar-refractivity contribution in [3.63, 3.8) is 0 Å². The summed E-state index contributed by atoms with van der Waals surface area (Å²) in [6.07, 6.45) is 1.41. The van der Waals surface area contributed by atoms with Crippen LogP contribution in [0.1, 0.15) is 5.56 Å². The molecule has 0 saturated heterocycles. The molecule has 0 atom stereocenters. The Hall–Kier alpha value is -2.08. The topological polar surface area (TPSA) is 80.2 Å². The first kappa shape index (κ1) is 13.0. The van der Waals surface area contributed by atoms with Crippen LogP contribution in [0.4, 0.5) is 0 Å². The van der Waals surface area contributed by atoms with E-state index in [9.17, 15) is 4.79 Å². The fraction of sp³-hybridized carbons (Fsp3) is 0.273. The molecule has 0 aliphatic carbocycles. The molecule has 1 rings (SSSR count). The van der Waals surface area contributed by atoms with Crippen LogP contribution in [0.5, 0.6) is 11.5 Å². The largest absolute Gasteiger partial charge is 0.497 e. The van der Waals surface area contributed by atoms with Crippen molar-refractivity contribution in [3.8, 4) is 11.5 Å². The molecule has 0 fully saturated rings. The van der Waals surface area contributed by atoms with Crippen LogP contribution in [0.3, 0.4) is 0 Å². The number of aliphatic hydroxyl groups is 1. The molecule has 0 bridgehead atoms. The summed E-state index contributed by atoms with van der Waals surface area (Å²) in [6.45, 7) is -0.605. The molecule has 1 amide bonds. The van der Waals surface area contributed by atoms with Crippen molar-refractivity contribution in [1.29, 1.82) is 0 Å². The van der Waals surface area contributed by atoms with Gasteiger partial charge in [-0.05, 0) is 18.2 Å². The van der Waals surface area contributed by atoms with Crippen LogP contribution in [0.2, 0.25) is 0 Å². The maximum atomic E-state index is 10.7. The van der Waals surface area contributed by atoms with E-state index in [0.717, 1.165) is 0 Å². The Morgan fingerprint density at radius 2 is 2.24 bits per heavy atom. The number of carbonyl (C=O) groups excluding carboxylic acids is 1. The first-order valence-corrected chi connectivity index (χ1v) is 4.86. The van der Waals surface area contributed by atoms with Gasteiger partial charge in [0.25, 0.3) is 5.91 Å². The standard InChI is InChI=1S/C11H14N2O4/c1-16-9-3-4-10(17-2)8(5-9)6-12-13-11(15)7-14/h3-6,14H,7H2,1-2H3,(H,13,15). The van der Waals surface area contributed by atoms with Crippen molar-refractivity contribution < 1.29 is 19.4 Å². The van der Waals surface area contributed by atoms with Crippen LogP contribution >= 0.6 is 0 Å². The van der Waals surface area contributed by atoms with E-state index in [4.69, 9.17) is 14.6 Å². The van der Waals surface area contributed by atoms with E-state index in [-0.39, 0.29) is 0 Å². The van der Waals surface area contributed by atoms with Gasteiger partial charge in [-0.1, -0.05) is 0 Å². The second-order valence-electron chi connectivity index (χ2n) is 3.06. The Kier molecular flexibility index (Phi) is 4.96. The van der Waals surface area contributed by atoms with E-state index >= 15 is 0 Å². The fourth-order valence-electron chi connectivity index (χ4n) is 1.15. The maximum absolute atomic E-state index is 10.7. The van der Waals surface area contributed by atoms with Crippen LogP contribution in [-0.2, 0) is 4.79 Å². The molecule has 0 heterocycles. The van der Waals surface area contributed by atoms with Crippen LogP contribution in [0.25, 0.3) is 0 Å². The highest BCUT2D eigenvalue weighted by Crippen LogP contribution is 2.22. The third kappa shape index (κ3) is 3.76. The molecular weight excluding hydrogens is 224 g/mol. The Morgan fingerprint density at radius 3 is 2.82 bits per heavy atom. The fourth-order valence-corrected chi connectivity index (χ4v) is 1.15. The lowest BCUT2D eigenvalue weighted by atomic mass is 10.2. The number of rotatable bonds is 5. The van der Waals surface area contributed by atoms with Crippen molar-refractivity contribution in [2.45, 2.75) is 0 Å². The predicted octanol–water partition coefficient (Wildman–Crippen LogP) is 0.146. The van der Waals surface area contributed by atoms with Crippen LogP contribution < -0.4 is 14.9 Å².